The minimum atomic E-state index is -0.729. The second kappa shape index (κ2) is 9.25. The first kappa shape index (κ1) is 19.0. The smallest absolute Gasteiger partial charge is 0.313 e. The maximum Gasteiger partial charge on any atom is 0.313 e. The molecule has 2 N–H and O–H groups in total. The molecule has 2 rings (SSSR count). The van der Waals surface area contributed by atoms with Crippen LogP contribution in [0.5, 0.6) is 0 Å². The van der Waals surface area contributed by atoms with Crippen molar-refractivity contribution in [3.05, 3.63) is 28.2 Å². The highest BCUT2D eigenvalue weighted by molar-refractivity contribution is 6.45. The summed E-state index contributed by atoms with van der Waals surface area (Å²) < 4.78 is 0. The van der Waals surface area contributed by atoms with Crippen molar-refractivity contribution in [2.45, 2.75) is 38.6 Å². The molecule has 1 fully saturated rings. The van der Waals surface area contributed by atoms with Gasteiger partial charge in [-0.15, -0.1) is 0 Å². The summed E-state index contributed by atoms with van der Waals surface area (Å²) in [5.74, 6) is -1.37. The van der Waals surface area contributed by atoms with Crippen LogP contribution in [0, 0.1) is 0 Å². The number of unbranched alkanes of at least 4 members (excludes halogenated alkanes) is 1. The van der Waals surface area contributed by atoms with Gasteiger partial charge in [0.1, 0.15) is 0 Å². The number of piperidine rings is 1. The Morgan fingerprint density at radius 1 is 1.21 bits per heavy atom. The molecule has 0 spiro atoms. The van der Waals surface area contributed by atoms with Gasteiger partial charge in [0, 0.05) is 19.1 Å². The fourth-order valence-electron chi connectivity index (χ4n) is 2.71. The van der Waals surface area contributed by atoms with Crippen LogP contribution in [-0.4, -0.2) is 42.4 Å². The molecule has 1 aliphatic rings. The van der Waals surface area contributed by atoms with Crippen LogP contribution in [0.2, 0.25) is 10.0 Å². The van der Waals surface area contributed by atoms with Crippen LogP contribution in [0.1, 0.15) is 32.6 Å². The van der Waals surface area contributed by atoms with E-state index in [0.29, 0.717) is 10.7 Å². The third-order valence-corrected chi connectivity index (χ3v) is 4.98. The van der Waals surface area contributed by atoms with Gasteiger partial charge in [-0.1, -0.05) is 42.6 Å². The molecule has 24 heavy (non-hydrogen) atoms. The predicted molar refractivity (Wildman–Crippen MR) is 97.6 cm³/mol. The number of halogens is 2. The molecule has 0 aliphatic carbocycles. The Labute approximate surface area is 152 Å². The highest BCUT2D eigenvalue weighted by Gasteiger charge is 2.23. The first-order chi connectivity index (χ1) is 11.5. The molecule has 2 amide bonds. The number of carbonyl (C=O) groups is 2. The van der Waals surface area contributed by atoms with Crippen molar-refractivity contribution in [3.63, 3.8) is 0 Å². The van der Waals surface area contributed by atoms with Crippen LogP contribution in [0.4, 0.5) is 5.69 Å². The summed E-state index contributed by atoms with van der Waals surface area (Å²) in [5, 5.41) is 5.85. The lowest BCUT2D eigenvalue weighted by molar-refractivity contribution is -0.136. The Balaban J connectivity index is 1.80. The average molecular weight is 372 g/mol. The summed E-state index contributed by atoms with van der Waals surface area (Å²) in [6, 6.07) is 4.92. The zero-order valence-electron chi connectivity index (χ0n) is 13.8. The molecule has 0 aromatic heterocycles. The minimum absolute atomic E-state index is 0.0379. The van der Waals surface area contributed by atoms with E-state index in [1.165, 1.54) is 12.8 Å². The van der Waals surface area contributed by atoms with Crippen LogP contribution in [-0.2, 0) is 9.59 Å². The lowest BCUT2D eigenvalue weighted by atomic mass is 10.0. The van der Waals surface area contributed by atoms with E-state index in [9.17, 15) is 9.59 Å². The molecule has 7 heteroatoms. The van der Waals surface area contributed by atoms with Crippen molar-refractivity contribution in [1.29, 1.82) is 0 Å². The van der Waals surface area contributed by atoms with Crippen LogP contribution in [0.25, 0.3) is 0 Å². The number of anilines is 1. The van der Waals surface area contributed by atoms with E-state index >= 15 is 0 Å². The lowest BCUT2D eigenvalue weighted by Crippen LogP contribution is -2.47. The number of nitrogens with one attached hydrogen (secondary N) is 2. The van der Waals surface area contributed by atoms with Gasteiger partial charge in [0.05, 0.1) is 15.7 Å². The van der Waals surface area contributed by atoms with Crippen molar-refractivity contribution >= 4 is 40.7 Å². The number of hydrogen-bond acceptors (Lipinski definition) is 3. The Kier molecular flexibility index (Phi) is 7.34. The maximum atomic E-state index is 12.1. The van der Waals surface area contributed by atoms with Crippen molar-refractivity contribution < 1.29 is 9.59 Å². The molecular formula is C17H23Cl2N3O2. The first-order valence-electron chi connectivity index (χ1n) is 8.29. The van der Waals surface area contributed by atoms with E-state index < -0.39 is 11.8 Å². The third kappa shape index (κ3) is 5.36. The van der Waals surface area contributed by atoms with Gasteiger partial charge < -0.3 is 15.5 Å². The van der Waals surface area contributed by atoms with Crippen LogP contribution in [0.15, 0.2) is 18.2 Å². The fraction of sp³-hybridized carbons (Fsp3) is 0.529. The monoisotopic (exact) mass is 371 g/mol. The zero-order chi connectivity index (χ0) is 17.5. The minimum Gasteiger partial charge on any atom is -0.345 e. The Bertz CT molecular complexity index is 587. The summed E-state index contributed by atoms with van der Waals surface area (Å²) in [7, 11) is 0. The zero-order valence-corrected chi connectivity index (χ0v) is 15.3. The predicted octanol–water partition coefficient (Wildman–Crippen LogP) is 3.31. The molecular weight excluding hydrogens is 349 g/mol. The van der Waals surface area contributed by atoms with E-state index in [4.69, 9.17) is 23.2 Å². The SMILES string of the molecule is CCCCN1CCC(NC(=O)C(=O)Nc2cccc(Cl)c2Cl)CC1. The largest absolute Gasteiger partial charge is 0.345 e. The van der Waals surface area contributed by atoms with Gasteiger partial charge in [-0.05, 0) is 37.9 Å². The third-order valence-electron chi connectivity index (χ3n) is 4.16. The molecule has 1 aliphatic heterocycles. The van der Waals surface area contributed by atoms with Gasteiger partial charge in [-0.25, -0.2) is 0 Å². The number of benzene rings is 1. The number of carbonyl (C=O) groups excluding carboxylic acids is 2. The molecule has 0 saturated carbocycles. The van der Waals surface area contributed by atoms with Gasteiger partial charge in [0.2, 0.25) is 0 Å². The van der Waals surface area contributed by atoms with Crippen molar-refractivity contribution in [1.82, 2.24) is 10.2 Å². The number of nitrogens with zero attached hydrogens (tertiary/aromatic N) is 1. The van der Waals surface area contributed by atoms with E-state index in [1.807, 2.05) is 0 Å². The molecule has 1 saturated heterocycles. The molecule has 0 unspecified atom stereocenters. The summed E-state index contributed by atoms with van der Waals surface area (Å²) in [4.78, 5) is 26.5. The van der Waals surface area contributed by atoms with Crippen molar-refractivity contribution in [2.24, 2.45) is 0 Å². The van der Waals surface area contributed by atoms with Crippen molar-refractivity contribution in [3.8, 4) is 0 Å². The average Bonchev–Trinajstić information content (AvgIpc) is 2.58. The van der Waals surface area contributed by atoms with Gasteiger partial charge in [-0.2, -0.15) is 0 Å². The second-order valence-corrected chi connectivity index (χ2v) is 6.78. The molecule has 1 aromatic rings. The van der Waals surface area contributed by atoms with Crippen LogP contribution in [0.3, 0.4) is 0 Å². The summed E-state index contributed by atoms with van der Waals surface area (Å²) in [6.07, 6.45) is 4.10. The molecule has 1 aromatic carbocycles. The standard InChI is InChI=1S/C17H23Cl2N3O2/c1-2-3-9-22-10-7-12(8-11-22)20-16(23)17(24)21-14-6-4-5-13(18)15(14)19/h4-6,12H,2-3,7-11H2,1H3,(H,20,23)(H,21,24). The number of hydrogen-bond donors (Lipinski definition) is 2. The normalized spacial score (nSPS) is 16.0. The second-order valence-electron chi connectivity index (χ2n) is 6.00. The molecule has 0 radical (unpaired) electrons. The van der Waals surface area contributed by atoms with Gasteiger partial charge >= 0.3 is 11.8 Å². The summed E-state index contributed by atoms with van der Waals surface area (Å²) >= 11 is 11.9. The Morgan fingerprint density at radius 3 is 2.58 bits per heavy atom. The van der Waals surface area contributed by atoms with Crippen LogP contribution < -0.4 is 10.6 Å². The van der Waals surface area contributed by atoms with E-state index in [2.05, 4.69) is 22.5 Å². The fourth-order valence-corrected chi connectivity index (χ4v) is 3.06. The van der Waals surface area contributed by atoms with E-state index in [1.54, 1.807) is 18.2 Å². The van der Waals surface area contributed by atoms with Crippen molar-refractivity contribution in [2.75, 3.05) is 25.0 Å². The number of amides is 2. The first-order valence-corrected chi connectivity index (χ1v) is 9.05. The molecule has 132 valence electrons. The Hall–Kier alpha value is -1.30. The number of likely N-dealkylation sites (tertiary alicyclic amines) is 1. The Morgan fingerprint density at radius 2 is 1.92 bits per heavy atom. The molecule has 0 bridgehead atoms. The summed E-state index contributed by atoms with van der Waals surface area (Å²) in [6.45, 7) is 5.18. The van der Waals surface area contributed by atoms with Gasteiger partial charge in [-0.3, -0.25) is 9.59 Å². The highest BCUT2D eigenvalue weighted by Crippen LogP contribution is 2.29. The molecule has 1 heterocycles. The van der Waals surface area contributed by atoms with E-state index in [-0.39, 0.29) is 11.1 Å². The van der Waals surface area contributed by atoms with Gasteiger partial charge in [0.15, 0.2) is 0 Å². The highest BCUT2D eigenvalue weighted by atomic mass is 35.5. The molecule has 5 nitrogen and oxygen atoms in total. The lowest BCUT2D eigenvalue weighted by Gasteiger charge is -2.32. The van der Waals surface area contributed by atoms with Gasteiger partial charge in [0.25, 0.3) is 0 Å². The topological polar surface area (TPSA) is 61.4 Å². The van der Waals surface area contributed by atoms with E-state index in [0.717, 1.165) is 32.5 Å². The molecule has 0 atom stereocenters. The van der Waals surface area contributed by atoms with Crippen LogP contribution >= 0.6 is 23.2 Å². The summed E-state index contributed by atoms with van der Waals surface area (Å²) in [5.41, 5.74) is 0.332. The maximum absolute atomic E-state index is 12.1. The number of rotatable bonds is 5. The quantitative estimate of drug-likeness (QED) is 0.780.